The van der Waals surface area contributed by atoms with E-state index >= 15 is 0 Å². The molecule has 0 bridgehead atoms. The quantitative estimate of drug-likeness (QED) is 0.106. The van der Waals surface area contributed by atoms with Crippen LogP contribution >= 0.6 is 0 Å². The van der Waals surface area contributed by atoms with Gasteiger partial charge in [-0.25, -0.2) is 4.79 Å². The molecular formula is C36H50O4. The Kier molecular flexibility index (Phi) is 14.0. The van der Waals surface area contributed by atoms with E-state index in [0.717, 1.165) is 54.9 Å². The van der Waals surface area contributed by atoms with Gasteiger partial charge in [-0.05, 0) is 91.6 Å². The van der Waals surface area contributed by atoms with Gasteiger partial charge in [0.25, 0.3) is 0 Å². The summed E-state index contributed by atoms with van der Waals surface area (Å²) in [6, 6.07) is 14.6. The number of carbonyl (C=O) groups is 2. The molecule has 0 fully saturated rings. The molecule has 1 aliphatic carbocycles. The first-order chi connectivity index (χ1) is 19.5. The van der Waals surface area contributed by atoms with Crippen LogP contribution in [-0.2, 0) is 4.79 Å². The number of unbranched alkanes of at least 4 members (excludes halogenated alkanes) is 7. The molecule has 2 atom stereocenters. The number of esters is 1. The summed E-state index contributed by atoms with van der Waals surface area (Å²) < 4.78 is 11.4. The number of rotatable bonds is 18. The van der Waals surface area contributed by atoms with Gasteiger partial charge >= 0.3 is 5.97 Å². The first-order valence-electron chi connectivity index (χ1n) is 15.8. The first kappa shape index (κ1) is 31.6. The van der Waals surface area contributed by atoms with Gasteiger partial charge in [0.2, 0.25) is 0 Å². The van der Waals surface area contributed by atoms with Gasteiger partial charge in [-0.3, -0.25) is 4.79 Å². The Hall–Kier alpha value is -2.88. The van der Waals surface area contributed by atoms with Crippen molar-refractivity contribution in [3.05, 3.63) is 65.7 Å². The second-order valence-electron chi connectivity index (χ2n) is 11.5. The van der Waals surface area contributed by atoms with Crippen LogP contribution in [0.4, 0.5) is 0 Å². The lowest BCUT2D eigenvalue weighted by Crippen LogP contribution is -2.17. The maximum Gasteiger partial charge on any atom is 0.343 e. The summed E-state index contributed by atoms with van der Waals surface area (Å²) in [7, 11) is 0. The summed E-state index contributed by atoms with van der Waals surface area (Å²) in [6.07, 6.45) is 18.4. The highest BCUT2D eigenvalue weighted by molar-refractivity contribution is 6.00. The molecule has 0 radical (unpaired) electrons. The second-order valence-corrected chi connectivity index (χ2v) is 11.5. The molecule has 3 rings (SSSR count). The molecule has 2 aromatic rings. The van der Waals surface area contributed by atoms with Crippen molar-refractivity contribution in [2.45, 2.75) is 111 Å². The van der Waals surface area contributed by atoms with E-state index in [-0.39, 0.29) is 11.7 Å². The third-order valence-electron chi connectivity index (χ3n) is 8.22. The molecule has 218 valence electrons. The van der Waals surface area contributed by atoms with Crippen molar-refractivity contribution in [1.29, 1.82) is 0 Å². The van der Waals surface area contributed by atoms with Crippen molar-refractivity contribution in [3.8, 4) is 11.5 Å². The number of allylic oxidation sites excluding steroid dienone is 2. The summed E-state index contributed by atoms with van der Waals surface area (Å²) in [5.41, 5.74) is 2.56. The third kappa shape index (κ3) is 10.9. The van der Waals surface area contributed by atoms with E-state index in [1.807, 2.05) is 30.3 Å². The van der Waals surface area contributed by atoms with E-state index < -0.39 is 5.97 Å². The fourth-order valence-electron chi connectivity index (χ4n) is 5.29. The Balaban J connectivity index is 1.41. The van der Waals surface area contributed by atoms with E-state index in [1.54, 1.807) is 24.3 Å². The minimum atomic E-state index is -0.395. The standard InChI is InChI=1S/C36H50O4/c1-4-6-7-8-9-10-11-12-15-30-18-21-32(27-35(30)37)29-16-19-31(20-17-29)36(38)40-34-24-22-33(23-25-34)39-26-13-14-28(3)5-2/h16-17,19-20,22-25,27-28,30H,4-15,18,21,26H2,1-3H3. The Bertz CT molecular complexity index is 1050. The monoisotopic (exact) mass is 546 g/mol. The van der Waals surface area contributed by atoms with E-state index in [4.69, 9.17) is 9.47 Å². The molecule has 40 heavy (non-hydrogen) atoms. The molecule has 2 unspecified atom stereocenters. The van der Waals surface area contributed by atoms with Gasteiger partial charge in [-0.2, -0.15) is 0 Å². The molecule has 0 amide bonds. The minimum absolute atomic E-state index is 0.166. The Morgan fingerprint density at radius 3 is 2.15 bits per heavy atom. The minimum Gasteiger partial charge on any atom is -0.494 e. The van der Waals surface area contributed by atoms with Crippen LogP contribution in [0.15, 0.2) is 54.6 Å². The molecule has 2 aromatic carbocycles. The molecule has 0 spiro atoms. The van der Waals surface area contributed by atoms with Crippen LogP contribution in [0, 0.1) is 11.8 Å². The molecule has 0 N–H and O–H groups in total. The number of ether oxygens (including phenoxy) is 2. The van der Waals surface area contributed by atoms with E-state index in [1.165, 1.54) is 57.8 Å². The molecular weight excluding hydrogens is 496 g/mol. The van der Waals surface area contributed by atoms with Gasteiger partial charge in [0.15, 0.2) is 5.78 Å². The SMILES string of the molecule is CCCCCCCCCCC1CCC(c2ccc(C(=O)Oc3ccc(OCCCC(C)CC)cc3)cc2)=CC1=O. The number of hydrogen-bond donors (Lipinski definition) is 0. The van der Waals surface area contributed by atoms with Crippen molar-refractivity contribution < 1.29 is 19.1 Å². The van der Waals surface area contributed by atoms with Crippen LogP contribution in [0.3, 0.4) is 0 Å². The van der Waals surface area contributed by atoms with E-state index in [9.17, 15) is 9.59 Å². The normalized spacial score (nSPS) is 15.9. The fourth-order valence-corrected chi connectivity index (χ4v) is 5.29. The zero-order valence-electron chi connectivity index (χ0n) is 25.1. The highest BCUT2D eigenvalue weighted by atomic mass is 16.5. The summed E-state index contributed by atoms with van der Waals surface area (Å²) in [4.78, 5) is 25.4. The number of hydrogen-bond acceptors (Lipinski definition) is 4. The molecule has 0 saturated heterocycles. The number of ketones is 1. The van der Waals surface area contributed by atoms with Crippen molar-refractivity contribution in [2.75, 3.05) is 6.61 Å². The van der Waals surface area contributed by atoms with Gasteiger partial charge in [-0.15, -0.1) is 0 Å². The molecule has 0 aromatic heterocycles. The van der Waals surface area contributed by atoms with Gasteiger partial charge in [0, 0.05) is 5.92 Å². The zero-order valence-corrected chi connectivity index (χ0v) is 25.1. The molecule has 0 saturated carbocycles. The average molecular weight is 547 g/mol. The second kappa shape index (κ2) is 17.7. The third-order valence-corrected chi connectivity index (χ3v) is 8.22. The first-order valence-corrected chi connectivity index (χ1v) is 15.8. The Morgan fingerprint density at radius 2 is 1.50 bits per heavy atom. The topological polar surface area (TPSA) is 52.6 Å². The predicted octanol–water partition coefficient (Wildman–Crippen LogP) is 10.0. The van der Waals surface area contributed by atoms with Crippen LogP contribution in [0.2, 0.25) is 0 Å². The molecule has 4 nitrogen and oxygen atoms in total. The van der Waals surface area contributed by atoms with Crippen LogP contribution in [-0.4, -0.2) is 18.4 Å². The Labute approximate surface area is 242 Å². The van der Waals surface area contributed by atoms with Crippen molar-refractivity contribution >= 4 is 17.3 Å². The van der Waals surface area contributed by atoms with Crippen LogP contribution in [0.25, 0.3) is 5.57 Å². The highest BCUT2D eigenvalue weighted by Crippen LogP contribution is 2.31. The lowest BCUT2D eigenvalue weighted by molar-refractivity contribution is -0.118. The van der Waals surface area contributed by atoms with Crippen molar-refractivity contribution in [1.82, 2.24) is 0 Å². The van der Waals surface area contributed by atoms with E-state index in [2.05, 4.69) is 20.8 Å². The summed E-state index contributed by atoms with van der Waals surface area (Å²) in [6.45, 7) is 7.42. The summed E-state index contributed by atoms with van der Waals surface area (Å²) in [5.74, 6) is 2.03. The molecule has 0 heterocycles. The smallest absolute Gasteiger partial charge is 0.343 e. The maximum atomic E-state index is 12.8. The van der Waals surface area contributed by atoms with Gasteiger partial charge in [0.1, 0.15) is 11.5 Å². The lowest BCUT2D eigenvalue weighted by atomic mass is 9.83. The largest absolute Gasteiger partial charge is 0.494 e. The highest BCUT2D eigenvalue weighted by Gasteiger charge is 2.22. The van der Waals surface area contributed by atoms with Gasteiger partial charge < -0.3 is 9.47 Å². The molecule has 1 aliphatic rings. The van der Waals surface area contributed by atoms with Crippen molar-refractivity contribution in [2.24, 2.45) is 11.8 Å². The summed E-state index contributed by atoms with van der Waals surface area (Å²) >= 11 is 0. The Morgan fingerprint density at radius 1 is 0.850 bits per heavy atom. The van der Waals surface area contributed by atoms with Gasteiger partial charge in [0.05, 0.1) is 12.2 Å². The van der Waals surface area contributed by atoms with Crippen LogP contribution < -0.4 is 9.47 Å². The zero-order chi connectivity index (χ0) is 28.6. The fraction of sp³-hybridized carbons (Fsp3) is 0.556. The number of carbonyl (C=O) groups excluding carboxylic acids is 2. The predicted molar refractivity (Wildman–Crippen MR) is 165 cm³/mol. The van der Waals surface area contributed by atoms with Crippen molar-refractivity contribution in [3.63, 3.8) is 0 Å². The van der Waals surface area contributed by atoms with Crippen LogP contribution in [0.1, 0.15) is 127 Å². The average Bonchev–Trinajstić information content (AvgIpc) is 2.98. The molecule has 0 aliphatic heterocycles. The maximum absolute atomic E-state index is 12.8. The van der Waals surface area contributed by atoms with Crippen LogP contribution in [0.5, 0.6) is 11.5 Å². The number of benzene rings is 2. The summed E-state index contributed by atoms with van der Waals surface area (Å²) in [5, 5.41) is 0. The lowest BCUT2D eigenvalue weighted by Gasteiger charge is -2.21. The van der Waals surface area contributed by atoms with Gasteiger partial charge in [-0.1, -0.05) is 90.7 Å². The molecule has 4 heteroatoms. The van der Waals surface area contributed by atoms with E-state index in [0.29, 0.717) is 17.9 Å².